The molecule has 0 bridgehead atoms. The number of rotatable bonds is 7. The van der Waals surface area contributed by atoms with E-state index in [-0.39, 0.29) is 23.3 Å². The molecule has 5 nitrogen and oxygen atoms in total. The molecule has 0 aromatic carbocycles. The van der Waals surface area contributed by atoms with Gasteiger partial charge in [0, 0.05) is 18.5 Å². The van der Waals surface area contributed by atoms with Crippen LogP contribution in [0.15, 0.2) is 0 Å². The van der Waals surface area contributed by atoms with Crippen molar-refractivity contribution >= 4 is 11.9 Å². The minimum Gasteiger partial charge on any atom is -0.481 e. The molecule has 0 heterocycles. The summed E-state index contributed by atoms with van der Waals surface area (Å²) in [7, 11) is 3.97. The van der Waals surface area contributed by atoms with Gasteiger partial charge < -0.3 is 15.3 Å². The molecule has 0 aromatic heterocycles. The van der Waals surface area contributed by atoms with Crippen molar-refractivity contribution in [2.24, 2.45) is 5.41 Å². The van der Waals surface area contributed by atoms with Gasteiger partial charge in [0.25, 0.3) is 0 Å². The van der Waals surface area contributed by atoms with E-state index in [9.17, 15) is 9.59 Å². The van der Waals surface area contributed by atoms with Crippen LogP contribution in [0.25, 0.3) is 0 Å². The summed E-state index contributed by atoms with van der Waals surface area (Å²) < 4.78 is 0. The molecule has 1 aliphatic carbocycles. The van der Waals surface area contributed by atoms with Crippen LogP contribution in [-0.4, -0.2) is 48.1 Å². The number of aliphatic carboxylic acids is 1. The van der Waals surface area contributed by atoms with E-state index in [0.717, 1.165) is 32.1 Å². The number of carboxylic acid groups (broad SMARTS) is 1. The minimum atomic E-state index is -0.793. The molecule has 1 fully saturated rings. The molecule has 0 spiro atoms. The second kappa shape index (κ2) is 7.25. The third-order valence-electron chi connectivity index (χ3n) is 4.90. The predicted octanol–water partition coefficient (Wildman–Crippen LogP) is 2.26. The quantitative estimate of drug-likeness (QED) is 0.756. The third kappa shape index (κ3) is 5.65. The van der Waals surface area contributed by atoms with Crippen molar-refractivity contribution in [2.75, 3.05) is 20.6 Å². The van der Waals surface area contributed by atoms with Crippen LogP contribution in [0.2, 0.25) is 0 Å². The largest absolute Gasteiger partial charge is 0.481 e. The summed E-state index contributed by atoms with van der Waals surface area (Å²) in [4.78, 5) is 25.4. The van der Waals surface area contributed by atoms with Gasteiger partial charge in [-0.3, -0.25) is 9.59 Å². The number of carboxylic acids is 1. The third-order valence-corrected chi connectivity index (χ3v) is 4.90. The van der Waals surface area contributed by atoms with Crippen LogP contribution in [0.5, 0.6) is 0 Å². The van der Waals surface area contributed by atoms with E-state index < -0.39 is 5.97 Å². The highest BCUT2D eigenvalue weighted by molar-refractivity contribution is 5.78. The predicted molar refractivity (Wildman–Crippen MR) is 83.2 cm³/mol. The van der Waals surface area contributed by atoms with E-state index in [1.54, 1.807) is 0 Å². The Morgan fingerprint density at radius 2 is 1.71 bits per heavy atom. The lowest BCUT2D eigenvalue weighted by atomic mass is 9.69. The Morgan fingerprint density at radius 3 is 2.19 bits per heavy atom. The Balaban J connectivity index is 2.58. The Morgan fingerprint density at radius 1 is 1.14 bits per heavy atom. The molecule has 1 saturated carbocycles. The molecule has 0 atom stereocenters. The molecule has 1 rings (SSSR count). The first-order chi connectivity index (χ1) is 9.67. The van der Waals surface area contributed by atoms with E-state index in [1.165, 1.54) is 0 Å². The van der Waals surface area contributed by atoms with Crippen LogP contribution in [0.4, 0.5) is 0 Å². The molecule has 21 heavy (non-hydrogen) atoms. The molecular formula is C16H30N2O3. The zero-order valence-corrected chi connectivity index (χ0v) is 13.9. The summed E-state index contributed by atoms with van der Waals surface area (Å²) >= 11 is 0. The molecule has 1 amide bonds. The average molecular weight is 298 g/mol. The molecule has 2 N–H and O–H groups in total. The fourth-order valence-corrected chi connectivity index (χ4v) is 2.91. The van der Waals surface area contributed by atoms with Gasteiger partial charge in [-0.05, 0) is 46.2 Å². The van der Waals surface area contributed by atoms with E-state index in [0.29, 0.717) is 13.0 Å². The smallest absolute Gasteiger partial charge is 0.303 e. The van der Waals surface area contributed by atoms with Crippen molar-refractivity contribution in [3.8, 4) is 0 Å². The molecule has 0 aliphatic heterocycles. The fourth-order valence-electron chi connectivity index (χ4n) is 2.91. The summed E-state index contributed by atoms with van der Waals surface area (Å²) in [6.45, 7) is 4.71. The highest BCUT2D eigenvalue weighted by Crippen LogP contribution is 2.42. The van der Waals surface area contributed by atoms with E-state index in [1.807, 2.05) is 14.1 Å². The van der Waals surface area contributed by atoms with Crippen LogP contribution in [-0.2, 0) is 9.59 Å². The Labute approximate surface area is 128 Å². The van der Waals surface area contributed by atoms with Gasteiger partial charge in [-0.15, -0.1) is 0 Å². The van der Waals surface area contributed by atoms with Gasteiger partial charge in [0.2, 0.25) is 5.91 Å². The summed E-state index contributed by atoms with van der Waals surface area (Å²) in [5.41, 5.74) is -0.446. The van der Waals surface area contributed by atoms with Crippen molar-refractivity contribution in [3.05, 3.63) is 0 Å². The van der Waals surface area contributed by atoms with Gasteiger partial charge in [-0.1, -0.05) is 19.3 Å². The molecule has 1 aliphatic rings. The van der Waals surface area contributed by atoms with Gasteiger partial charge >= 0.3 is 5.97 Å². The first-order valence-electron chi connectivity index (χ1n) is 7.83. The van der Waals surface area contributed by atoms with Gasteiger partial charge in [0.15, 0.2) is 0 Å². The Bertz CT molecular complexity index is 372. The molecule has 0 saturated heterocycles. The van der Waals surface area contributed by atoms with Gasteiger partial charge in [-0.25, -0.2) is 0 Å². The number of carbonyl (C=O) groups excluding carboxylic acids is 1. The number of nitrogens with one attached hydrogen (secondary N) is 1. The van der Waals surface area contributed by atoms with Crippen LogP contribution in [0.3, 0.4) is 0 Å². The molecule has 0 radical (unpaired) electrons. The number of hydrogen-bond donors (Lipinski definition) is 2. The normalized spacial score (nSPS) is 18.5. The SMILES string of the molecule is CN(C)C(C)(C)CNC(=O)CC1(CC(=O)O)CCCCC1. The molecule has 0 aromatic rings. The lowest BCUT2D eigenvalue weighted by Gasteiger charge is -2.37. The zero-order chi connectivity index (χ0) is 16.1. The summed E-state index contributed by atoms with van der Waals surface area (Å²) in [6.07, 6.45) is 5.36. The monoisotopic (exact) mass is 298 g/mol. The van der Waals surface area contributed by atoms with Gasteiger partial charge in [0.05, 0.1) is 6.42 Å². The van der Waals surface area contributed by atoms with E-state index in [4.69, 9.17) is 5.11 Å². The minimum absolute atomic E-state index is 0.0203. The standard InChI is InChI=1S/C16H30N2O3/c1-15(2,18(3)4)12-17-13(19)10-16(11-14(20)21)8-6-5-7-9-16/h5-12H2,1-4H3,(H,17,19)(H,20,21). The molecule has 122 valence electrons. The summed E-state index contributed by atoms with van der Waals surface area (Å²) in [5, 5.41) is 12.1. The maximum Gasteiger partial charge on any atom is 0.303 e. The maximum atomic E-state index is 12.2. The molecule has 5 heteroatoms. The second-order valence-corrected chi connectivity index (χ2v) is 7.29. The van der Waals surface area contributed by atoms with Crippen molar-refractivity contribution < 1.29 is 14.7 Å². The average Bonchev–Trinajstić information content (AvgIpc) is 2.36. The lowest BCUT2D eigenvalue weighted by molar-refractivity contribution is -0.141. The lowest BCUT2D eigenvalue weighted by Crippen LogP contribution is -2.49. The Kier molecular flexibility index (Phi) is 6.20. The first-order valence-corrected chi connectivity index (χ1v) is 7.83. The van der Waals surface area contributed by atoms with Crippen molar-refractivity contribution in [1.82, 2.24) is 10.2 Å². The van der Waals surface area contributed by atoms with Crippen LogP contribution < -0.4 is 5.32 Å². The number of hydrogen-bond acceptors (Lipinski definition) is 3. The molecular weight excluding hydrogens is 268 g/mol. The second-order valence-electron chi connectivity index (χ2n) is 7.29. The fraction of sp³-hybridized carbons (Fsp3) is 0.875. The topological polar surface area (TPSA) is 69.6 Å². The number of nitrogens with zero attached hydrogens (tertiary/aromatic N) is 1. The Hall–Kier alpha value is -1.10. The van der Waals surface area contributed by atoms with Crippen LogP contribution >= 0.6 is 0 Å². The summed E-state index contributed by atoms with van der Waals surface area (Å²) in [5.74, 6) is -0.814. The zero-order valence-electron chi connectivity index (χ0n) is 13.9. The van der Waals surface area contributed by atoms with Gasteiger partial charge in [0.1, 0.15) is 0 Å². The van der Waals surface area contributed by atoms with E-state index in [2.05, 4.69) is 24.1 Å². The van der Waals surface area contributed by atoms with Gasteiger partial charge in [-0.2, -0.15) is 0 Å². The molecule has 0 unspecified atom stereocenters. The highest BCUT2D eigenvalue weighted by Gasteiger charge is 2.36. The number of amides is 1. The first kappa shape index (κ1) is 18.0. The van der Waals surface area contributed by atoms with Crippen molar-refractivity contribution in [3.63, 3.8) is 0 Å². The van der Waals surface area contributed by atoms with Crippen molar-refractivity contribution in [2.45, 2.75) is 64.3 Å². The number of carbonyl (C=O) groups is 2. The summed E-state index contributed by atoms with van der Waals surface area (Å²) in [6, 6.07) is 0. The number of likely N-dealkylation sites (N-methyl/N-ethyl adjacent to an activating group) is 1. The van der Waals surface area contributed by atoms with Crippen molar-refractivity contribution in [1.29, 1.82) is 0 Å². The van der Waals surface area contributed by atoms with Crippen LogP contribution in [0.1, 0.15) is 58.8 Å². The maximum absolute atomic E-state index is 12.2. The van der Waals surface area contributed by atoms with Crippen LogP contribution in [0, 0.1) is 5.41 Å². The van der Waals surface area contributed by atoms with E-state index >= 15 is 0 Å². The highest BCUT2D eigenvalue weighted by atomic mass is 16.4.